The number of hydrogen-bond donors (Lipinski definition) is 6. The number of carboxylic acid groups (broad SMARTS) is 4. The van der Waals surface area contributed by atoms with Crippen molar-refractivity contribution < 1.29 is 149 Å². The van der Waals surface area contributed by atoms with Crippen molar-refractivity contribution in [1.82, 2.24) is 0 Å². The normalized spacial score (nSPS) is 9.15. The third-order valence-corrected chi connectivity index (χ3v) is 2.86. The number of aliphatic carboxylic acids is 4. The first-order valence-electron chi connectivity index (χ1n) is 5.37. The summed E-state index contributed by atoms with van der Waals surface area (Å²) in [5, 5.41) is 35.1. The fraction of sp³-hybridized carbons (Fsp3) is 0.600. The van der Waals surface area contributed by atoms with Crippen LogP contribution in [-0.2, 0) is 19.2 Å². The second kappa shape index (κ2) is 19.0. The smallest absolute Gasteiger partial charge is 1.00 e. The van der Waals surface area contributed by atoms with E-state index in [1.807, 2.05) is 0 Å². The van der Waals surface area contributed by atoms with Crippen molar-refractivity contribution in [2.45, 2.75) is 36.8 Å². The van der Waals surface area contributed by atoms with Crippen molar-refractivity contribution in [3.05, 3.63) is 0 Å². The molecule has 0 aliphatic heterocycles. The first-order valence-corrected chi connectivity index (χ1v) is 5.37. The molecule has 0 rings (SSSR count). The van der Waals surface area contributed by atoms with Crippen molar-refractivity contribution in [1.29, 1.82) is 0 Å². The minimum absolute atomic E-state index is 0. The predicted molar refractivity (Wildman–Crippen MR) is 77.0 cm³/mol. The van der Waals surface area contributed by atoms with Gasteiger partial charge in [-0.1, -0.05) is 0 Å². The zero-order valence-electron chi connectivity index (χ0n) is 17.9. The Morgan fingerprint density at radius 1 is 0.577 bits per heavy atom. The Labute approximate surface area is 219 Å². The Balaban J connectivity index is -0.0000000501. The Bertz CT molecular complexity index is 392. The molecule has 0 heterocycles. The summed E-state index contributed by atoms with van der Waals surface area (Å²) in [4.78, 5) is 43.2. The van der Waals surface area contributed by atoms with E-state index in [2.05, 4.69) is 0 Å². The van der Waals surface area contributed by atoms with Crippen LogP contribution in [0.5, 0.6) is 0 Å². The van der Waals surface area contributed by atoms with E-state index < -0.39 is 60.6 Å². The van der Waals surface area contributed by atoms with Gasteiger partial charge in [-0.25, -0.2) is 0 Å². The summed E-state index contributed by atoms with van der Waals surface area (Å²) in [5.74, 6) is -6.06. The van der Waals surface area contributed by atoms with Crippen LogP contribution in [0.15, 0.2) is 0 Å². The van der Waals surface area contributed by atoms with Gasteiger partial charge in [-0.3, -0.25) is 19.2 Å². The van der Waals surface area contributed by atoms with Crippen LogP contribution >= 0.6 is 0 Å². The minimum Gasteiger partial charge on any atom is -1.00 e. The van der Waals surface area contributed by atoms with Crippen LogP contribution in [0.3, 0.4) is 0 Å². The predicted octanol–water partition coefficient (Wildman–Crippen LogP) is -12.8. The van der Waals surface area contributed by atoms with Crippen LogP contribution in [0.25, 0.3) is 0 Å². The van der Waals surface area contributed by atoms with E-state index in [9.17, 15) is 19.2 Å². The first-order chi connectivity index (χ1) is 8.92. The maximum absolute atomic E-state index is 10.8. The molecular weight excluding hydrogens is 393 g/mol. The van der Waals surface area contributed by atoms with Gasteiger partial charge in [0.05, 0.1) is 36.8 Å². The zero-order valence-corrected chi connectivity index (χ0v) is 20.9. The standard InChI is InChI=1S/C10H16N2O8.3Na.3H2O.3H/c11-9(1-5(13)14,2-6(15)16)10(12,3-7(17)18)4-8(19)20;;;;;;;;;/h1-4,11-12H2,(H,13,14)(H,15,16)(H,17,18)(H,19,20);;;;3*1H2;;;/q;3*+1;;;;3*-1. The molecule has 0 aliphatic carbocycles. The molecule has 16 heteroatoms. The number of nitrogens with two attached hydrogens (primary N) is 2. The van der Waals surface area contributed by atoms with Crippen LogP contribution in [0.2, 0.25) is 0 Å². The van der Waals surface area contributed by atoms with E-state index >= 15 is 0 Å². The Morgan fingerprint density at radius 3 is 0.769 bits per heavy atom. The maximum Gasteiger partial charge on any atom is 1.00 e. The molecule has 0 saturated heterocycles. The van der Waals surface area contributed by atoms with E-state index in [0.717, 1.165) is 0 Å². The van der Waals surface area contributed by atoms with E-state index in [4.69, 9.17) is 31.9 Å². The Hall–Kier alpha value is 0.680. The monoisotopic (exact) mass is 418 g/mol. The minimum atomic E-state index is -2.22. The van der Waals surface area contributed by atoms with Crippen LogP contribution < -0.4 is 100 Å². The van der Waals surface area contributed by atoms with E-state index in [0.29, 0.717) is 0 Å². The molecule has 14 N–H and O–H groups in total. The van der Waals surface area contributed by atoms with Crippen LogP contribution in [0.4, 0.5) is 0 Å². The van der Waals surface area contributed by atoms with Gasteiger partial charge in [0, 0.05) is 0 Å². The largest absolute Gasteiger partial charge is 1.00 e. The van der Waals surface area contributed by atoms with Gasteiger partial charge in [-0.2, -0.15) is 0 Å². The summed E-state index contributed by atoms with van der Waals surface area (Å²) in [6.45, 7) is 0. The average Bonchev–Trinajstić information content (AvgIpc) is 2.10. The van der Waals surface area contributed by atoms with Gasteiger partial charge in [0.2, 0.25) is 0 Å². The van der Waals surface area contributed by atoms with Gasteiger partial charge < -0.3 is 52.6 Å². The van der Waals surface area contributed by atoms with Gasteiger partial charge >= 0.3 is 113 Å². The molecule has 0 fully saturated rings. The molecule has 0 aromatic rings. The second-order valence-corrected chi connectivity index (χ2v) is 4.59. The molecule has 0 spiro atoms. The summed E-state index contributed by atoms with van der Waals surface area (Å²) in [5.41, 5.74) is 6.88. The second-order valence-electron chi connectivity index (χ2n) is 4.59. The third-order valence-electron chi connectivity index (χ3n) is 2.86. The summed E-state index contributed by atoms with van der Waals surface area (Å²) >= 11 is 0. The van der Waals surface area contributed by atoms with Gasteiger partial charge in [0.1, 0.15) is 0 Å². The summed E-state index contributed by atoms with van der Waals surface area (Å²) in [6, 6.07) is 0. The topological polar surface area (TPSA) is 296 Å². The van der Waals surface area contributed by atoms with Crippen LogP contribution in [0.1, 0.15) is 30.0 Å². The number of rotatable bonds is 9. The van der Waals surface area contributed by atoms with Crippen molar-refractivity contribution >= 4 is 23.9 Å². The Kier molecular flexibility index (Phi) is 33.2. The summed E-state index contributed by atoms with van der Waals surface area (Å²) in [6.07, 6.45) is -3.90. The molecule has 0 aliphatic rings. The van der Waals surface area contributed by atoms with E-state index in [1.54, 1.807) is 0 Å². The van der Waals surface area contributed by atoms with Gasteiger partial charge in [-0.15, -0.1) is 0 Å². The molecule has 0 saturated carbocycles. The van der Waals surface area contributed by atoms with Crippen LogP contribution in [0, 0.1) is 0 Å². The number of carboxylic acids is 4. The van der Waals surface area contributed by atoms with E-state index in [-0.39, 0.29) is 109 Å². The molecule has 0 bridgehead atoms. The Morgan fingerprint density at radius 2 is 0.692 bits per heavy atom. The molecule has 0 aromatic carbocycles. The number of hydrogen-bond acceptors (Lipinski definition) is 6. The maximum atomic E-state index is 10.8. The fourth-order valence-corrected chi connectivity index (χ4v) is 1.91. The summed E-state index contributed by atoms with van der Waals surface area (Å²) < 4.78 is 0. The van der Waals surface area contributed by atoms with E-state index in [1.165, 1.54) is 0 Å². The number of carbonyl (C=O) groups is 4. The van der Waals surface area contributed by atoms with Gasteiger partial charge in [-0.05, 0) is 0 Å². The molecule has 144 valence electrons. The molecule has 0 atom stereocenters. The quantitative estimate of drug-likeness (QED) is 0.192. The van der Waals surface area contributed by atoms with Crippen molar-refractivity contribution in [3.8, 4) is 0 Å². The third kappa shape index (κ3) is 15.7. The molecule has 0 unspecified atom stereocenters. The van der Waals surface area contributed by atoms with Crippen molar-refractivity contribution in [2.24, 2.45) is 11.5 Å². The first kappa shape index (κ1) is 45.4. The molecule has 13 nitrogen and oxygen atoms in total. The molecule has 26 heavy (non-hydrogen) atoms. The molecule has 0 amide bonds. The average molecular weight is 418 g/mol. The van der Waals surface area contributed by atoms with Crippen LogP contribution in [-0.4, -0.2) is 71.8 Å². The zero-order chi connectivity index (χ0) is 16.1. The van der Waals surface area contributed by atoms with Gasteiger partial charge in [0.25, 0.3) is 0 Å². The molecule has 0 radical (unpaired) electrons. The summed E-state index contributed by atoms with van der Waals surface area (Å²) in [7, 11) is 0. The molecular formula is C10H25N2Na3O11. The molecule has 0 aromatic heterocycles. The fourth-order valence-electron chi connectivity index (χ4n) is 1.91. The van der Waals surface area contributed by atoms with Crippen molar-refractivity contribution in [3.63, 3.8) is 0 Å². The van der Waals surface area contributed by atoms with Crippen molar-refractivity contribution in [2.75, 3.05) is 0 Å². The van der Waals surface area contributed by atoms with Gasteiger partial charge in [0.15, 0.2) is 0 Å². The SMILES string of the molecule is NC(CC(=O)O)(CC(=O)O)C(N)(CC(=O)O)CC(=O)O.O.O.O.[H-].[H-].[H-].[Na+].[Na+].[Na+].